The molecule has 0 aliphatic heterocycles. The van der Waals surface area contributed by atoms with Gasteiger partial charge in [0.15, 0.2) is 12.4 Å². The largest absolute Gasteiger partial charge is 0.454 e. The van der Waals surface area contributed by atoms with Crippen molar-refractivity contribution in [2.24, 2.45) is 0 Å². The third-order valence-corrected chi connectivity index (χ3v) is 5.33. The smallest absolute Gasteiger partial charge is 0.339 e. The summed E-state index contributed by atoms with van der Waals surface area (Å²) in [4.78, 5) is 25.4. The Balaban J connectivity index is 1.56. The third-order valence-electron chi connectivity index (χ3n) is 4.26. The first-order valence-corrected chi connectivity index (χ1v) is 10.7. The van der Waals surface area contributed by atoms with E-state index in [-0.39, 0.29) is 24.1 Å². The number of carbonyl (C=O) groups excluding carboxylic acids is 2. The molecule has 3 aromatic rings. The number of halogens is 1. The van der Waals surface area contributed by atoms with Crippen LogP contribution in [-0.2, 0) is 22.7 Å². The van der Waals surface area contributed by atoms with Crippen LogP contribution < -0.4 is 5.32 Å². The zero-order valence-electron chi connectivity index (χ0n) is 17.0. The van der Waals surface area contributed by atoms with E-state index in [0.717, 1.165) is 12.8 Å². The highest BCUT2D eigenvalue weighted by Gasteiger charge is 2.16. The monoisotopic (exact) mass is 443 g/mol. The molecule has 0 fully saturated rings. The van der Waals surface area contributed by atoms with Crippen LogP contribution in [0.25, 0.3) is 0 Å². The number of nitrogens with one attached hydrogen (secondary N) is 1. The van der Waals surface area contributed by atoms with E-state index in [1.54, 1.807) is 28.9 Å². The number of esters is 1. The molecule has 1 aromatic heterocycles. The molecule has 0 saturated heterocycles. The molecule has 0 radical (unpaired) electrons. The highest BCUT2D eigenvalue weighted by atomic mass is 32.2. The van der Waals surface area contributed by atoms with Crippen molar-refractivity contribution < 1.29 is 18.7 Å². The van der Waals surface area contributed by atoms with Crippen molar-refractivity contribution in [3.8, 4) is 0 Å². The van der Waals surface area contributed by atoms with Crippen molar-refractivity contribution in [1.29, 1.82) is 0 Å². The molecule has 0 aliphatic carbocycles. The van der Waals surface area contributed by atoms with Gasteiger partial charge in [0.25, 0.3) is 0 Å². The highest BCUT2D eigenvalue weighted by Crippen LogP contribution is 2.24. The van der Waals surface area contributed by atoms with Crippen LogP contribution in [0.5, 0.6) is 0 Å². The molecular formula is C21H22FN5O3S. The fourth-order valence-electron chi connectivity index (χ4n) is 2.65. The lowest BCUT2D eigenvalue weighted by Gasteiger charge is -2.10. The van der Waals surface area contributed by atoms with Gasteiger partial charge in [0, 0.05) is 17.1 Å². The van der Waals surface area contributed by atoms with E-state index in [1.807, 2.05) is 0 Å². The molecule has 0 atom stereocenters. The standard InChI is InChI=1S/C21H22FN5O3S/c1-2-3-12-27-19(24-25-26-27)13-30-21(29)17-6-4-5-7-18(17)31-14-20(28)23-16-10-8-15(22)9-11-16/h4-11H,2-3,12-14H2,1H3,(H,23,28). The van der Waals surface area contributed by atoms with E-state index < -0.39 is 5.97 Å². The Morgan fingerprint density at radius 3 is 2.71 bits per heavy atom. The van der Waals surface area contributed by atoms with Crippen LogP contribution in [0.2, 0.25) is 0 Å². The number of anilines is 1. The summed E-state index contributed by atoms with van der Waals surface area (Å²) in [6, 6.07) is 12.4. The minimum absolute atomic E-state index is 0.0421. The molecule has 162 valence electrons. The van der Waals surface area contributed by atoms with Crippen molar-refractivity contribution in [1.82, 2.24) is 20.2 Å². The summed E-state index contributed by atoms with van der Waals surface area (Å²) < 4.78 is 20.0. The summed E-state index contributed by atoms with van der Waals surface area (Å²) in [6.07, 6.45) is 1.92. The average Bonchev–Trinajstić information content (AvgIpc) is 3.23. The fourth-order valence-corrected chi connectivity index (χ4v) is 3.49. The maximum Gasteiger partial charge on any atom is 0.339 e. The third kappa shape index (κ3) is 6.61. The van der Waals surface area contributed by atoms with Crippen molar-refractivity contribution in [3.05, 3.63) is 65.7 Å². The van der Waals surface area contributed by atoms with Gasteiger partial charge in [0.1, 0.15) is 5.82 Å². The summed E-state index contributed by atoms with van der Waals surface area (Å²) in [7, 11) is 0. The van der Waals surface area contributed by atoms with Gasteiger partial charge in [0.05, 0.1) is 11.3 Å². The van der Waals surface area contributed by atoms with Crippen LogP contribution >= 0.6 is 11.8 Å². The Hall–Kier alpha value is -3.27. The topological polar surface area (TPSA) is 99.0 Å². The Bertz CT molecular complexity index is 1030. The van der Waals surface area contributed by atoms with Gasteiger partial charge in [-0.15, -0.1) is 16.9 Å². The van der Waals surface area contributed by atoms with E-state index in [0.29, 0.717) is 28.5 Å². The molecule has 3 rings (SSSR count). The predicted molar refractivity (Wildman–Crippen MR) is 114 cm³/mol. The Labute approximate surface area is 183 Å². The van der Waals surface area contributed by atoms with Gasteiger partial charge in [0.2, 0.25) is 5.91 Å². The highest BCUT2D eigenvalue weighted by molar-refractivity contribution is 8.00. The summed E-state index contributed by atoms with van der Waals surface area (Å²) in [6.45, 7) is 2.68. The number of tetrazole rings is 1. The number of rotatable bonds is 10. The zero-order valence-corrected chi connectivity index (χ0v) is 17.8. The van der Waals surface area contributed by atoms with E-state index in [1.165, 1.54) is 36.0 Å². The minimum Gasteiger partial charge on any atom is -0.454 e. The first-order valence-electron chi connectivity index (χ1n) is 9.76. The molecule has 1 amide bonds. The molecule has 0 bridgehead atoms. The number of thioether (sulfide) groups is 1. The summed E-state index contributed by atoms with van der Waals surface area (Å²) in [5.74, 6) is -0.608. The van der Waals surface area contributed by atoms with Gasteiger partial charge in [-0.25, -0.2) is 13.9 Å². The molecule has 0 saturated carbocycles. The van der Waals surface area contributed by atoms with E-state index >= 15 is 0 Å². The van der Waals surface area contributed by atoms with Crippen LogP contribution in [0.15, 0.2) is 53.4 Å². The summed E-state index contributed by atoms with van der Waals surface area (Å²) in [5.41, 5.74) is 0.857. The lowest BCUT2D eigenvalue weighted by Crippen LogP contribution is -2.15. The average molecular weight is 444 g/mol. The maximum atomic E-state index is 13.0. The number of nitrogens with zero attached hydrogens (tertiary/aromatic N) is 4. The SMILES string of the molecule is CCCCn1nnnc1COC(=O)c1ccccc1SCC(=O)Nc1ccc(F)cc1. The predicted octanol–water partition coefficient (Wildman–Crippen LogP) is 3.70. The number of hydrogen-bond acceptors (Lipinski definition) is 7. The number of carbonyl (C=O) groups is 2. The van der Waals surface area contributed by atoms with Gasteiger partial charge < -0.3 is 10.1 Å². The lowest BCUT2D eigenvalue weighted by atomic mass is 10.2. The quantitative estimate of drug-likeness (QED) is 0.377. The Morgan fingerprint density at radius 2 is 1.94 bits per heavy atom. The van der Waals surface area contributed by atoms with Crippen LogP contribution in [-0.4, -0.2) is 37.8 Å². The molecule has 1 N–H and O–H groups in total. The second kappa shape index (κ2) is 11.2. The minimum atomic E-state index is -0.521. The molecule has 31 heavy (non-hydrogen) atoms. The first kappa shape index (κ1) is 22.4. The summed E-state index contributed by atoms with van der Waals surface area (Å²) >= 11 is 1.21. The second-order valence-electron chi connectivity index (χ2n) is 6.59. The lowest BCUT2D eigenvalue weighted by molar-refractivity contribution is -0.113. The number of benzene rings is 2. The zero-order chi connectivity index (χ0) is 22.1. The fraction of sp³-hybridized carbons (Fsp3) is 0.286. The van der Waals surface area contributed by atoms with Crippen LogP contribution in [0.3, 0.4) is 0 Å². The van der Waals surface area contributed by atoms with Crippen LogP contribution in [0, 0.1) is 5.82 Å². The Kier molecular flexibility index (Phi) is 8.11. The number of aromatic nitrogens is 4. The molecule has 1 heterocycles. The van der Waals surface area contributed by atoms with Crippen molar-refractivity contribution in [3.63, 3.8) is 0 Å². The number of aryl methyl sites for hydroxylation is 1. The Morgan fingerprint density at radius 1 is 1.16 bits per heavy atom. The number of ether oxygens (including phenoxy) is 1. The van der Waals surface area contributed by atoms with Crippen molar-refractivity contribution in [2.75, 3.05) is 11.1 Å². The van der Waals surface area contributed by atoms with Gasteiger partial charge >= 0.3 is 5.97 Å². The van der Waals surface area contributed by atoms with Crippen LogP contribution in [0.1, 0.15) is 35.9 Å². The van der Waals surface area contributed by atoms with Crippen molar-refractivity contribution in [2.45, 2.75) is 37.8 Å². The number of unbranched alkanes of at least 4 members (excludes halogenated alkanes) is 1. The van der Waals surface area contributed by atoms with E-state index in [9.17, 15) is 14.0 Å². The van der Waals surface area contributed by atoms with E-state index in [4.69, 9.17) is 4.74 Å². The summed E-state index contributed by atoms with van der Waals surface area (Å²) in [5, 5.41) is 14.1. The molecule has 0 unspecified atom stereocenters. The van der Waals surface area contributed by atoms with Gasteiger partial charge in [-0.05, 0) is 53.2 Å². The number of amides is 1. The molecule has 0 aliphatic rings. The van der Waals surface area contributed by atoms with Gasteiger partial charge in [-0.1, -0.05) is 25.5 Å². The van der Waals surface area contributed by atoms with E-state index in [2.05, 4.69) is 27.8 Å². The molecule has 10 heteroatoms. The molecule has 2 aromatic carbocycles. The van der Waals surface area contributed by atoms with Gasteiger partial charge in [-0.3, -0.25) is 4.79 Å². The van der Waals surface area contributed by atoms with Gasteiger partial charge in [-0.2, -0.15) is 0 Å². The van der Waals surface area contributed by atoms with Crippen LogP contribution in [0.4, 0.5) is 10.1 Å². The molecule has 8 nitrogen and oxygen atoms in total. The molecule has 0 spiro atoms. The first-order chi connectivity index (χ1) is 15.1. The second-order valence-corrected chi connectivity index (χ2v) is 7.61. The normalized spacial score (nSPS) is 10.6. The van der Waals surface area contributed by atoms with Crippen molar-refractivity contribution >= 4 is 29.3 Å². The number of hydrogen-bond donors (Lipinski definition) is 1. The molecular weight excluding hydrogens is 421 g/mol. The maximum absolute atomic E-state index is 13.0.